The molecule has 1 saturated carbocycles. The Hall–Kier alpha value is -1.95. The van der Waals surface area contributed by atoms with E-state index >= 15 is 0 Å². The van der Waals surface area contributed by atoms with E-state index in [0.717, 1.165) is 67.7 Å². The lowest BCUT2D eigenvalue weighted by molar-refractivity contribution is 0.186. The molecule has 30 heavy (non-hydrogen) atoms. The number of ether oxygens (including phenoxy) is 2. The van der Waals surface area contributed by atoms with Crippen LogP contribution in [0.4, 0.5) is 0 Å². The summed E-state index contributed by atoms with van der Waals surface area (Å²) in [5, 5.41) is 7.09. The minimum absolute atomic E-state index is 0.300. The van der Waals surface area contributed by atoms with Crippen molar-refractivity contribution in [1.82, 2.24) is 15.5 Å². The SMILES string of the molecule is CN=C(NCc1cccc(OC)c1OC1CCCC1)NC1CCN(CC(C)C)CC1. The molecule has 0 bridgehead atoms. The fraction of sp³-hybridized carbons (Fsp3) is 0.708. The predicted molar refractivity (Wildman–Crippen MR) is 124 cm³/mol. The molecule has 0 radical (unpaired) electrons. The fourth-order valence-corrected chi connectivity index (χ4v) is 4.51. The van der Waals surface area contributed by atoms with Crippen LogP contribution in [-0.4, -0.2) is 56.8 Å². The first kappa shape index (κ1) is 22.7. The molecular weight excluding hydrogens is 376 g/mol. The average Bonchev–Trinajstić information content (AvgIpc) is 3.26. The van der Waals surface area contributed by atoms with E-state index in [1.165, 1.54) is 19.4 Å². The summed E-state index contributed by atoms with van der Waals surface area (Å²) in [6, 6.07) is 6.58. The summed E-state index contributed by atoms with van der Waals surface area (Å²) in [6.07, 6.45) is 7.37. The number of para-hydroxylation sites is 1. The van der Waals surface area contributed by atoms with Gasteiger partial charge in [-0.25, -0.2) is 0 Å². The Bertz CT molecular complexity index is 678. The number of methoxy groups -OCH3 is 1. The summed E-state index contributed by atoms with van der Waals surface area (Å²) in [5.41, 5.74) is 1.11. The van der Waals surface area contributed by atoms with E-state index in [-0.39, 0.29) is 0 Å². The number of nitrogens with zero attached hydrogens (tertiary/aromatic N) is 2. The number of nitrogens with one attached hydrogen (secondary N) is 2. The van der Waals surface area contributed by atoms with E-state index in [9.17, 15) is 0 Å². The zero-order valence-corrected chi connectivity index (χ0v) is 19.2. The minimum Gasteiger partial charge on any atom is -0.493 e. The van der Waals surface area contributed by atoms with Gasteiger partial charge in [0.05, 0.1) is 13.2 Å². The molecule has 1 aliphatic heterocycles. The number of rotatable bonds is 8. The third-order valence-electron chi connectivity index (χ3n) is 6.09. The van der Waals surface area contributed by atoms with Gasteiger partial charge in [0.25, 0.3) is 0 Å². The molecule has 0 unspecified atom stereocenters. The second-order valence-electron chi connectivity index (χ2n) is 9.01. The van der Waals surface area contributed by atoms with Crippen LogP contribution >= 0.6 is 0 Å². The highest BCUT2D eigenvalue weighted by molar-refractivity contribution is 5.80. The van der Waals surface area contributed by atoms with Crippen molar-refractivity contribution in [2.24, 2.45) is 10.9 Å². The first-order chi connectivity index (χ1) is 14.6. The van der Waals surface area contributed by atoms with Crippen LogP contribution in [0, 0.1) is 5.92 Å². The molecule has 2 fully saturated rings. The maximum absolute atomic E-state index is 6.36. The van der Waals surface area contributed by atoms with Gasteiger partial charge in [-0.3, -0.25) is 4.99 Å². The van der Waals surface area contributed by atoms with E-state index in [2.05, 4.69) is 40.4 Å². The Morgan fingerprint density at radius 1 is 1.17 bits per heavy atom. The van der Waals surface area contributed by atoms with Crippen molar-refractivity contribution in [3.8, 4) is 11.5 Å². The zero-order chi connectivity index (χ0) is 21.3. The lowest BCUT2D eigenvalue weighted by Gasteiger charge is -2.34. The van der Waals surface area contributed by atoms with Gasteiger partial charge in [0.2, 0.25) is 0 Å². The number of aliphatic imine (C=N–C) groups is 1. The van der Waals surface area contributed by atoms with Crippen molar-refractivity contribution in [3.63, 3.8) is 0 Å². The minimum atomic E-state index is 0.300. The first-order valence-corrected chi connectivity index (χ1v) is 11.6. The second kappa shape index (κ2) is 11.4. The molecule has 1 aromatic rings. The lowest BCUT2D eigenvalue weighted by atomic mass is 10.0. The average molecular weight is 417 g/mol. The number of likely N-dealkylation sites (tertiary alicyclic amines) is 1. The van der Waals surface area contributed by atoms with Crippen LogP contribution in [0.3, 0.4) is 0 Å². The predicted octanol–water partition coefficient (Wildman–Crippen LogP) is 3.80. The summed E-state index contributed by atoms with van der Waals surface area (Å²) >= 11 is 0. The number of hydrogen-bond donors (Lipinski definition) is 2. The maximum Gasteiger partial charge on any atom is 0.191 e. The van der Waals surface area contributed by atoms with E-state index < -0.39 is 0 Å². The molecule has 6 nitrogen and oxygen atoms in total. The third kappa shape index (κ3) is 6.53. The topological polar surface area (TPSA) is 58.1 Å². The monoisotopic (exact) mass is 416 g/mol. The van der Waals surface area contributed by atoms with Gasteiger partial charge in [-0.1, -0.05) is 26.0 Å². The van der Waals surface area contributed by atoms with Gasteiger partial charge in [0.15, 0.2) is 17.5 Å². The molecule has 3 rings (SSSR count). The van der Waals surface area contributed by atoms with Crippen LogP contribution in [0.1, 0.15) is 57.9 Å². The van der Waals surface area contributed by atoms with Gasteiger partial charge >= 0.3 is 0 Å². The van der Waals surface area contributed by atoms with Crippen molar-refractivity contribution < 1.29 is 9.47 Å². The number of guanidine groups is 1. The Balaban J connectivity index is 1.55. The molecule has 0 amide bonds. The maximum atomic E-state index is 6.36. The van der Waals surface area contributed by atoms with Gasteiger partial charge in [-0.15, -0.1) is 0 Å². The highest BCUT2D eigenvalue weighted by Gasteiger charge is 2.22. The van der Waals surface area contributed by atoms with Crippen molar-refractivity contribution in [2.45, 2.75) is 71.1 Å². The van der Waals surface area contributed by atoms with Crippen LogP contribution in [0.15, 0.2) is 23.2 Å². The summed E-state index contributed by atoms with van der Waals surface area (Å²) in [7, 11) is 3.55. The molecule has 168 valence electrons. The summed E-state index contributed by atoms with van der Waals surface area (Å²) in [6.45, 7) is 8.74. The molecule has 0 atom stereocenters. The molecule has 1 aliphatic carbocycles. The van der Waals surface area contributed by atoms with Crippen LogP contribution in [0.25, 0.3) is 0 Å². The number of benzene rings is 1. The quantitative estimate of drug-likeness (QED) is 0.499. The van der Waals surface area contributed by atoms with E-state index in [4.69, 9.17) is 9.47 Å². The Kier molecular flexibility index (Phi) is 8.67. The molecular formula is C24H40N4O2. The smallest absolute Gasteiger partial charge is 0.191 e. The molecule has 6 heteroatoms. The summed E-state index contributed by atoms with van der Waals surface area (Å²) < 4.78 is 11.9. The molecule has 1 saturated heterocycles. The lowest BCUT2D eigenvalue weighted by Crippen LogP contribution is -2.49. The van der Waals surface area contributed by atoms with Crippen molar-refractivity contribution in [3.05, 3.63) is 23.8 Å². The van der Waals surface area contributed by atoms with Crippen molar-refractivity contribution in [2.75, 3.05) is 33.8 Å². The third-order valence-corrected chi connectivity index (χ3v) is 6.09. The first-order valence-electron chi connectivity index (χ1n) is 11.6. The molecule has 2 N–H and O–H groups in total. The molecule has 0 spiro atoms. The van der Waals surface area contributed by atoms with Gasteiger partial charge in [0, 0.05) is 44.8 Å². The Morgan fingerprint density at radius 2 is 1.90 bits per heavy atom. The molecule has 1 heterocycles. The largest absolute Gasteiger partial charge is 0.493 e. The standard InChI is InChI=1S/C24H40N4O2/c1-18(2)17-28-14-12-20(13-15-28)27-24(25-3)26-16-19-8-7-11-22(29-4)23(19)30-21-9-5-6-10-21/h7-8,11,18,20-21H,5-6,9-10,12-17H2,1-4H3,(H2,25,26,27). The fourth-order valence-electron chi connectivity index (χ4n) is 4.51. The highest BCUT2D eigenvalue weighted by atomic mass is 16.5. The van der Waals surface area contributed by atoms with Gasteiger partial charge in [-0.2, -0.15) is 0 Å². The van der Waals surface area contributed by atoms with Crippen molar-refractivity contribution >= 4 is 5.96 Å². The normalized spacial score (nSPS) is 19.3. The van der Waals surface area contributed by atoms with Gasteiger partial charge in [-0.05, 0) is 50.5 Å². The van der Waals surface area contributed by atoms with Gasteiger partial charge < -0.3 is 25.0 Å². The van der Waals surface area contributed by atoms with Crippen LogP contribution in [0.5, 0.6) is 11.5 Å². The highest BCUT2D eigenvalue weighted by Crippen LogP contribution is 2.34. The number of hydrogen-bond acceptors (Lipinski definition) is 4. The molecule has 1 aromatic carbocycles. The van der Waals surface area contributed by atoms with E-state index in [1.54, 1.807) is 7.11 Å². The van der Waals surface area contributed by atoms with E-state index in [1.807, 2.05) is 19.2 Å². The Labute approximate surface area is 182 Å². The molecule has 2 aliphatic rings. The number of piperidine rings is 1. The van der Waals surface area contributed by atoms with E-state index in [0.29, 0.717) is 18.7 Å². The van der Waals surface area contributed by atoms with Crippen LogP contribution in [0.2, 0.25) is 0 Å². The molecule has 0 aromatic heterocycles. The summed E-state index contributed by atoms with van der Waals surface area (Å²) in [5.74, 6) is 3.26. The zero-order valence-electron chi connectivity index (χ0n) is 19.2. The Morgan fingerprint density at radius 3 is 2.53 bits per heavy atom. The van der Waals surface area contributed by atoms with Gasteiger partial charge in [0.1, 0.15) is 0 Å². The van der Waals surface area contributed by atoms with Crippen LogP contribution in [-0.2, 0) is 6.54 Å². The second-order valence-corrected chi connectivity index (χ2v) is 9.01. The van der Waals surface area contributed by atoms with Crippen molar-refractivity contribution in [1.29, 1.82) is 0 Å². The van der Waals surface area contributed by atoms with Crippen LogP contribution < -0.4 is 20.1 Å². The summed E-state index contributed by atoms with van der Waals surface area (Å²) in [4.78, 5) is 7.02.